The van der Waals surface area contributed by atoms with Crippen LogP contribution in [0, 0.1) is 12.7 Å². The number of amides is 1. The zero-order valence-corrected chi connectivity index (χ0v) is 16.9. The second kappa shape index (κ2) is 8.05. The summed E-state index contributed by atoms with van der Waals surface area (Å²) in [6.45, 7) is 1.69. The topological polar surface area (TPSA) is 55.6 Å². The number of ether oxygens (including phenoxy) is 1. The summed E-state index contributed by atoms with van der Waals surface area (Å²) in [6.07, 6.45) is 2.85. The van der Waals surface area contributed by atoms with E-state index in [9.17, 15) is 9.18 Å². The molecule has 0 aliphatic heterocycles. The van der Waals surface area contributed by atoms with E-state index in [0.717, 1.165) is 27.7 Å². The highest BCUT2D eigenvalue weighted by Crippen LogP contribution is 2.26. The molecule has 0 unspecified atom stereocenters. The fourth-order valence-corrected chi connectivity index (χ4v) is 3.95. The van der Waals surface area contributed by atoms with Crippen LogP contribution < -0.4 is 10.1 Å². The fraction of sp³-hybridized carbons (Fsp3) is 0.182. The molecule has 0 bridgehead atoms. The maximum Gasteiger partial charge on any atom is 0.224 e. The Morgan fingerprint density at radius 2 is 2.03 bits per heavy atom. The number of thiazole rings is 1. The summed E-state index contributed by atoms with van der Waals surface area (Å²) in [5, 5.41) is 4.76. The average molecular weight is 409 g/mol. The zero-order valence-electron chi connectivity index (χ0n) is 16.1. The Labute approximate surface area is 171 Å². The van der Waals surface area contributed by atoms with Gasteiger partial charge in [-0.25, -0.2) is 9.37 Å². The molecular formula is C22H20FN3O2S. The van der Waals surface area contributed by atoms with Gasteiger partial charge in [0.2, 0.25) is 5.91 Å². The molecule has 0 aliphatic rings. The van der Waals surface area contributed by atoms with E-state index in [1.165, 1.54) is 6.07 Å². The number of anilines is 1. The number of imidazole rings is 1. The molecule has 29 heavy (non-hydrogen) atoms. The molecule has 1 amide bonds. The molecule has 148 valence electrons. The molecule has 0 saturated carbocycles. The predicted molar refractivity (Wildman–Crippen MR) is 113 cm³/mol. The van der Waals surface area contributed by atoms with Crippen LogP contribution in [-0.4, -0.2) is 22.4 Å². The average Bonchev–Trinajstić information content (AvgIpc) is 3.30. The van der Waals surface area contributed by atoms with Crippen molar-refractivity contribution in [2.45, 2.75) is 19.8 Å². The zero-order chi connectivity index (χ0) is 20.4. The molecule has 2 aromatic carbocycles. The lowest BCUT2D eigenvalue weighted by atomic mass is 10.1. The Kier molecular flexibility index (Phi) is 5.31. The van der Waals surface area contributed by atoms with Gasteiger partial charge in [-0.2, -0.15) is 0 Å². The third-order valence-corrected chi connectivity index (χ3v) is 5.62. The minimum atomic E-state index is -0.327. The highest BCUT2D eigenvalue weighted by Gasteiger charge is 2.12. The maximum absolute atomic E-state index is 13.6. The number of carbonyl (C=O) groups is 1. The number of benzene rings is 2. The van der Waals surface area contributed by atoms with E-state index in [1.807, 2.05) is 40.2 Å². The number of aromatic nitrogens is 2. The first kappa shape index (κ1) is 19.1. The van der Waals surface area contributed by atoms with E-state index in [-0.39, 0.29) is 11.7 Å². The number of nitrogens with zero attached hydrogens (tertiary/aromatic N) is 2. The molecule has 0 atom stereocenters. The summed E-state index contributed by atoms with van der Waals surface area (Å²) >= 11 is 1.54. The molecule has 4 rings (SSSR count). The molecule has 2 heterocycles. The molecule has 2 aromatic heterocycles. The summed E-state index contributed by atoms with van der Waals surface area (Å²) in [5.74, 6) is 0.324. The molecule has 0 spiro atoms. The van der Waals surface area contributed by atoms with Gasteiger partial charge in [-0.1, -0.05) is 6.07 Å². The minimum Gasteiger partial charge on any atom is -0.497 e. The van der Waals surface area contributed by atoms with Gasteiger partial charge in [0.15, 0.2) is 4.96 Å². The number of carbonyl (C=O) groups excluding carboxylic acids is 1. The van der Waals surface area contributed by atoms with Crippen molar-refractivity contribution in [1.82, 2.24) is 9.38 Å². The van der Waals surface area contributed by atoms with E-state index < -0.39 is 0 Å². The molecule has 1 N–H and O–H groups in total. The van der Waals surface area contributed by atoms with Crippen LogP contribution in [0.3, 0.4) is 0 Å². The monoisotopic (exact) mass is 409 g/mol. The Balaban J connectivity index is 1.44. The van der Waals surface area contributed by atoms with Gasteiger partial charge >= 0.3 is 0 Å². The minimum absolute atomic E-state index is 0.150. The number of methoxy groups -OCH3 is 1. The lowest BCUT2D eigenvalue weighted by molar-refractivity contribution is -0.116. The number of hydrogen-bond acceptors (Lipinski definition) is 4. The number of fused-ring (bicyclic) bond motifs is 1. The Hall–Kier alpha value is -3.19. The van der Waals surface area contributed by atoms with Gasteiger partial charge in [-0.3, -0.25) is 9.20 Å². The van der Waals surface area contributed by atoms with Gasteiger partial charge in [0.05, 0.1) is 12.8 Å². The Morgan fingerprint density at radius 3 is 2.76 bits per heavy atom. The third-order valence-electron chi connectivity index (χ3n) is 4.73. The van der Waals surface area contributed by atoms with Crippen LogP contribution in [0.4, 0.5) is 10.1 Å². The maximum atomic E-state index is 13.6. The standard InChI is InChI=1S/C22H20FN3O2S/c1-14-3-6-16(11-19(14)23)24-21(27)10-7-17-13-29-22-25-20(12-26(17)22)15-4-8-18(28-2)9-5-15/h3-6,8-9,11-13H,7,10H2,1-2H3,(H,24,27). The van der Waals surface area contributed by atoms with Crippen molar-refractivity contribution in [2.24, 2.45) is 0 Å². The second-order valence-electron chi connectivity index (χ2n) is 6.75. The van der Waals surface area contributed by atoms with Crippen LogP contribution in [0.1, 0.15) is 17.7 Å². The van der Waals surface area contributed by atoms with E-state index in [1.54, 1.807) is 37.5 Å². The SMILES string of the molecule is COc1ccc(-c2cn3c(CCC(=O)Nc4ccc(C)c(F)c4)csc3n2)cc1. The number of aryl methyl sites for hydroxylation is 2. The van der Waals surface area contributed by atoms with Gasteiger partial charge < -0.3 is 10.1 Å². The van der Waals surface area contributed by atoms with Crippen LogP contribution >= 0.6 is 11.3 Å². The first-order valence-electron chi connectivity index (χ1n) is 9.19. The van der Waals surface area contributed by atoms with Gasteiger partial charge in [0.25, 0.3) is 0 Å². The van der Waals surface area contributed by atoms with E-state index in [2.05, 4.69) is 10.3 Å². The van der Waals surface area contributed by atoms with Crippen molar-refractivity contribution in [2.75, 3.05) is 12.4 Å². The summed E-state index contributed by atoms with van der Waals surface area (Å²) < 4.78 is 20.8. The van der Waals surface area contributed by atoms with Crippen molar-refractivity contribution < 1.29 is 13.9 Å². The van der Waals surface area contributed by atoms with Crippen LogP contribution in [0.15, 0.2) is 54.0 Å². The summed E-state index contributed by atoms with van der Waals surface area (Å²) in [6, 6.07) is 12.4. The van der Waals surface area contributed by atoms with Gasteiger partial charge in [-0.15, -0.1) is 11.3 Å². The van der Waals surface area contributed by atoms with Gasteiger partial charge in [-0.05, 0) is 55.3 Å². The quantitative estimate of drug-likeness (QED) is 0.483. The number of rotatable bonds is 6. The summed E-state index contributed by atoms with van der Waals surface area (Å²) in [7, 11) is 1.64. The molecule has 7 heteroatoms. The first-order valence-corrected chi connectivity index (χ1v) is 10.1. The van der Waals surface area contributed by atoms with Gasteiger partial charge in [0, 0.05) is 34.9 Å². The lowest BCUT2D eigenvalue weighted by Gasteiger charge is -2.06. The molecule has 0 fully saturated rings. The van der Waals surface area contributed by atoms with Crippen molar-refractivity contribution in [3.8, 4) is 17.0 Å². The van der Waals surface area contributed by atoms with Crippen LogP contribution in [0.25, 0.3) is 16.2 Å². The highest BCUT2D eigenvalue weighted by molar-refractivity contribution is 7.15. The van der Waals surface area contributed by atoms with Crippen molar-refractivity contribution >= 4 is 27.9 Å². The first-order chi connectivity index (χ1) is 14.0. The Bertz CT molecular complexity index is 1160. The Morgan fingerprint density at radius 1 is 1.24 bits per heavy atom. The van der Waals surface area contributed by atoms with E-state index in [4.69, 9.17) is 4.74 Å². The third kappa shape index (κ3) is 4.14. The summed E-state index contributed by atoms with van der Waals surface area (Å²) in [5.41, 5.74) is 3.92. The molecular weight excluding hydrogens is 389 g/mol. The molecule has 0 saturated heterocycles. The van der Waals surface area contributed by atoms with Crippen molar-refractivity contribution in [1.29, 1.82) is 0 Å². The second-order valence-corrected chi connectivity index (χ2v) is 7.58. The van der Waals surface area contributed by atoms with Crippen molar-refractivity contribution in [3.05, 3.63) is 71.1 Å². The van der Waals surface area contributed by atoms with Crippen LogP contribution in [0.2, 0.25) is 0 Å². The van der Waals surface area contributed by atoms with Crippen LogP contribution in [-0.2, 0) is 11.2 Å². The number of halogens is 1. The highest BCUT2D eigenvalue weighted by atomic mass is 32.1. The number of hydrogen-bond donors (Lipinski definition) is 1. The molecule has 5 nitrogen and oxygen atoms in total. The normalized spacial score (nSPS) is 11.0. The largest absolute Gasteiger partial charge is 0.497 e. The van der Waals surface area contributed by atoms with Crippen LogP contribution in [0.5, 0.6) is 5.75 Å². The molecule has 4 aromatic rings. The lowest BCUT2D eigenvalue weighted by Crippen LogP contribution is -2.13. The molecule has 0 aliphatic carbocycles. The summed E-state index contributed by atoms with van der Waals surface area (Å²) in [4.78, 5) is 17.8. The van der Waals surface area contributed by atoms with Crippen molar-refractivity contribution in [3.63, 3.8) is 0 Å². The molecule has 0 radical (unpaired) electrons. The predicted octanol–water partition coefficient (Wildman–Crippen LogP) is 5.09. The van der Waals surface area contributed by atoms with E-state index >= 15 is 0 Å². The fourth-order valence-electron chi connectivity index (χ4n) is 3.05. The number of nitrogens with one attached hydrogen (secondary N) is 1. The smallest absolute Gasteiger partial charge is 0.224 e. The van der Waals surface area contributed by atoms with Gasteiger partial charge in [0.1, 0.15) is 11.6 Å². The van der Waals surface area contributed by atoms with E-state index in [0.29, 0.717) is 24.1 Å².